The molecule has 2 nitrogen and oxygen atoms in total. The second-order valence-corrected chi connectivity index (χ2v) is 6.25. The van der Waals surface area contributed by atoms with E-state index < -0.39 is 0 Å². The van der Waals surface area contributed by atoms with E-state index in [1.807, 2.05) is 17.8 Å². The lowest BCUT2D eigenvalue weighted by molar-refractivity contribution is 0.586. The molecular formula is C11H13ClN2S2. The summed E-state index contributed by atoms with van der Waals surface area (Å²) in [6.45, 7) is 3.13. The van der Waals surface area contributed by atoms with E-state index in [4.69, 9.17) is 11.6 Å². The molecule has 0 radical (unpaired) electrons. The zero-order valence-electron chi connectivity index (χ0n) is 8.94. The molecule has 1 N–H and O–H groups in total. The van der Waals surface area contributed by atoms with Crippen molar-refractivity contribution in [2.24, 2.45) is 0 Å². The van der Waals surface area contributed by atoms with Gasteiger partial charge in [-0.2, -0.15) is 0 Å². The maximum absolute atomic E-state index is 5.87. The van der Waals surface area contributed by atoms with Gasteiger partial charge in [0.2, 0.25) is 0 Å². The number of aromatic nitrogens is 1. The molecule has 86 valence electrons. The molecule has 0 aromatic carbocycles. The quantitative estimate of drug-likeness (QED) is 0.897. The summed E-state index contributed by atoms with van der Waals surface area (Å²) >= 11 is 9.22. The Morgan fingerprint density at radius 1 is 1.50 bits per heavy atom. The van der Waals surface area contributed by atoms with Gasteiger partial charge in [-0.1, -0.05) is 11.6 Å². The van der Waals surface area contributed by atoms with Crippen molar-refractivity contribution in [3.63, 3.8) is 0 Å². The summed E-state index contributed by atoms with van der Waals surface area (Å²) in [5.74, 6) is 0. The molecule has 2 aromatic rings. The average Bonchev–Trinajstić information content (AvgIpc) is 2.89. The predicted molar refractivity (Wildman–Crippen MR) is 71.6 cm³/mol. The zero-order chi connectivity index (χ0) is 11.4. The summed E-state index contributed by atoms with van der Waals surface area (Å²) in [5, 5.41) is 3.48. The Kier molecular flexibility index (Phi) is 4.35. The number of halogens is 1. The Morgan fingerprint density at radius 3 is 3.00 bits per heavy atom. The first-order valence-electron chi connectivity index (χ1n) is 5.11. The lowest BCUT2D eigenvalue weighted by Gasteiger charge is -2.10. The van der Waals surface area contributed by atoms with E-state index in [0.717, 1.165) is 17.3 Å². The van der Waals surface area contributed by atoms with Crippen molar-refractivity contribution in [2.75, 3.05) is 6.54 Å². The zero-order valence-corrected chi connectivity index (χ0v) is 11.3. The average molecular weight is 273 g/mol. The number of thiophene rings is 1. The van der Waals surface area contributed by atoms with Crippen LogP contribution in [0.25, 0.3) is 0 Å². The van der Waals surface area contributed by atoms with Gasteiger partial charge in [0, 0.05) is 28.5 Å². The molecule has 2 rings (SSSR count). The second-order valence-electron chi connectivity index (χ2n) is 3.54. The largest absolute Gasteiger partial charge is 0.309 e. The number of rotatable bonds is 5. The normalized spacial score (nSPS) is 12.9. The highest BCUT2D eigenvalue weighted by atomic mass is 35.5. The molecule has 1 atom stereocenters. The van der Waals surface area contributed by atoms with Gasteiger partial charge in [-0.05, 0) is 25.5 Å². The van der Waals surface area contributed by atoms with Crippen LogP contribution in [-0.4, -0.2) is 11.5 Å². The lowest BCUT2D eigenvalue weighted by atomic mass is 10.3. The van der Waals surface area contributed by atoms with E-state index in [1.165, 1.54) is 9.75 Å². The Bertz CT molecular complexity index is 425. The topological polar surface area (TPSA) is 24.9 Å². The molecule has 0 aliphatic heterocycles. The summed E-state index contributed by atoms with van der Waals surface area (Å²) in [4.78, 5) is 6.69. The highest BCUT2D eigenvalue weighted by Gasteiger charge is 2.06. The number of nitrogens with one attached hydrogen (secondary N) is 1. The van der Waals surface area contributed by atoms with Crippen LogP contribution in [0.1, 0.15) is 22.7 Å². The van der Waals surface area contributed by atoms with Crippen LogP contribution in [0, 0.1) is 0 Å². The summed E-state index contributed by atoms with van der Waals surface area (Å²) in [6.07, 6.45) is 2.95. The maximum Gasteiger partial charge on any atom is 0.0931 e. The smallest absolute Gasteiger partial charge is 0.0931 e. The fourth-order valence-corrected chi connectivity index (χ4v) is 3.18. The van der Waals surface area contributed by atoms with Gasteiger partial charge in [-0.3, -0.25) is 4.98 Å². The van der Waals surface area contributed by atoms with Crippen LogP contribution < -0.4 is 5.32 Å². The van der Waals surface area contributed by atoms with E-state index in [0.29, 0.717) is 6.04 Å². The Morgan fingerprint density at radius 2 is 2.38 bits per heavy atom. The third kappa shape index (κ3) is 3.28. The summed E-state index contributed by atoms with van der Waals surface area (Å²) in [7, 11) is 0. The number of hydrogen-bond acceptors (Lipinski definition) is 4. The molecule has 0 aliphatic rings. The van der Waals surface area contributed by atoms with Crippen molar-refractivity contribution >= 4 is 34.3 Å². The molecule has 0 spiro atoms. The molecule has 0 amide bonds. The molecule has 0 saturated heterocycles. The van der Waals surface area contributed by atoms with Gasteiger partial charge in [-0.15, -0.1) is 22.7 Å². The van der Waals surface area contributed by atoms with Crippen molar-refractivity contribution in [3.8, 4) is 0 Å². The second kappa shape index (κ2) is 5.77. The van der Waals surface area contributed by atoms with Crippen LogP contribution in [-0.2, 0) is 6.42 Å². The molecule has 2 heterocycles. The lowest BCUT2D eigenvalue weighted by Crippen LogP contribution is -2.20. The third-order valence-corrected chi connectivity index (χ3v) is 4.58. The minimum absolute atomic E-state index is 0.378. The van der Waals surface area contributed by atoms with Gasteiger partial charge in [0.25, 0.3) is 0 Å². The fraction of sp³-hybridized carbons (Fsp3) is 0.364. The SMILES string of the molecule is CC(NCCc1ccc(Cl)s1)c1cncs1. The van der Waals surface area contributed by atoms with Crippen molar-refractivity contribution in [2.45, 2.75) is 19.4 Å². The van der Waals surface area contributed by atoms with Gasteiger partial charge in [0.15, 0.2) is 0 Å². The molecular weight excluding hydrogens is 260 g/mol. The first-order valence-corrected chi connectivity index (χ1v) is 7.19. The van der Waals surface area contributed by atoms with Crippen LogP contribution in [0.3, 0.4) is 0 Å². The maximum atomic E-state index is 5.87. The third-order valence-electron chi connectivity index (χ3n) is 2.33. The molecule has 16 heavy (non-hydrogen) atoms. The molecule has 5 heteroatoms. The van der Waals surface area contributed by atoms with E-state index in [2.05, 4.69) is 23.3 Å². The van der Waals surface area contributed by atoms with Crippen LogP contribution in [0.4, 0.5) is 0 Å². The number of hydrogen-bond donors (Lipinski definition) is 1. The van der Waals surface area contributed by atoms with Crippen molar-refractivity contribution in [3.05, 3.63) is 37.9 Å². The summed E-state index contributed by atoms with van der Waals surface area (Å²) in [6, 6.07) is 4.42. The van der Waals surface area contributed by atoms with Crippen molar-refractivity contribution < 1.29 is 0 Å². The molecule has 1 unspecified atom stereocenters. The summed E-state index contributed by atoms with van der Waals surface area (Å²) < 4.78 is 0.866. The Hall–Kier alpha value is -0.420. The van der Waals surface area contributed by atoms with Gasteiger partial charge in [0.05, 0.1) is 9.85 Å². The first kappa shape index (κ1) is 12.0. The van der Waals surface area contributed by atoms with E-state index in [-0.39, 0.29) is 0 Å². The molecule has 2 aromatic heterocycles. The van der Waals surface area contributed by atoms with E-state index in [9.17, 15) is 0 Å². The van der Waals surface area contributed by atoms with Crippen LogP contribution in [0.2, 0.25) is 4.34 Å². The van der Waals surface area contributed by atoms with E-state index >= 15 is 0 Å². The minimum atomic E-state index is 0.378. The standard InChI is InChI=1S/C11H13ClN2S2/c1-8(10-6-13-7-15-10)14-5-4-9-2-3-11(12)16-9/h2-3,6-8,14H,4-5H2,1H3. The monoisotopic (exact) mass is 272 g/mol. The van der Waals surface area contributed by atoms with Crippen LogP contribution in [0.15, 0.2) is 23.8 Å². The molecule has 0 saturated carbocycles. The van der Waals surface area contributed by atoms with Crippen molar-refractivity contribution in [1.29, 1.82) is 0 Å². The summed E-state index contributed by atoms with van der Waals surface area (Å²) in [5.41, 5.74) is 1.87. The number of nitrogens with zero attached hydrogens (tertiary/aromatic N) is 1. The molecule has 0 bridgehead atoms. The van der Waals surface area contributed by atoms with Crippen LogP contribution >= 0.6 is 34.3 Å². The fourth-order valence-electron chi connectivity index (χ4n) is 1.44. The van der Waals surface area contributed by atoms with Gasteiger partial charge < -0.3 is 5.32 Å². The van der Waals surface area contributed by atoms with Gasteiger partial charge >= 0.3 is 0 Å². The first-order chi connectivity index (χ1) is 7.75. The number of thiazole rings is 1. The van der Waals surface area contributed by atoms with Crippen molar-refractivity contribution in [1.82, 2.24) is 10.3 Å². The molecule has 0 fully saturated rings. The minimum Gasteiger partial charge on any atom is -0.309 e. The Labute approximate surface area is 108 Å². The van der Waals surface area contributed by atoms with Gasteiger partial charge in [0.1, 0.15) is 0 Å². The van der Waals surface area contributed by atoms with E-state index in [1.54, 1.807) is 22.7 Å². The highest BCUT2D eigenvalue weighted by Crippen LogP contribution is 2.22. The highest BCUT2D eigenvalue weighted by molar-refractivity contribution is 7.16. The predicted octanol–water partition coefficient (Wildman–Crippen LogP) is 3.75. The van der Waals surface area contributed by atoms with Gasteiger partial charge in [-0.25, -0.2) is 0 Å². The van der Waals surface area contributed by atoms with Crippen LogP contribution in [0.5, 0.6) is 0 Å². The molecule has 0 aliphatic carbocycles. The Balaban J connectivity index is 1.76.